The number of fused-ring (bicyclic) bond motifs is 5. The van der Waals surface area contributed by atoms with E-state index >= 15 is 4.39 Å². The summed E-state index contributed by atoms with van der Waals surface area (Å²) in [6.07, 6.45) is 1.31. The van der Waals surface area contributed by atoms with Gasteiger partial charge in [0, 0.05) is 46.1 Å². The van der Waals surface area contributed by atoms with Gasteiger partial charge in [0.15, 0.2) is 5.60 Å². The first-order valence-electron chi connectivity index (χ1n) is 28.1. The molecule has 2 aliphatic heterocycles. The number of unbranched alkanes of at least 4 members (excludes halogenated alkanes) is 1. The van der Waals surface area contributed by atoms with Gasteiger partial charge in [0.25, 0.3) is 5.56 Å². The van der Waals surface area contributed by atoms with E-state index in [1.165, 1.54) is 34.9 Å². The molecule has 0 spiro atoms. The molecule has 0 saturated heterocycles. The van der Waals surface area contributed by atoms with Crippen molar-refractivity contribution in [1.29, 1.82) is 0 Å². The molecule has 7 rings (SSSR count). The highest BCUT2D eigenvalue weighted by Gasteiger charge is 2.46. The van der Waals surface area contributed by atoms with Crippen molar-refractivity contribution in [2.45, 2.75) is 110 Å². The van der Waals surface area contributed by atoms with Crippen molar-refractivity contribution in [2.24, 2.45) is 16.8 Å². The lowest BCUT2D eigenvalue weighted by atomic mass is 9.81. The molecule has 4 amide bonds. The fourth-order valence-electron chi connectivity index (χ4n) is 10.1. The third kappa shape index (κ3) is 16.4. The molecule has 1 aliphatic carbocycles. The van der Waals surface area contributed by atoms with Crippen molar-refractivity contribution >= 4 is 46.4 Å². The Kier molecular flexibility index (Phi) is 23.7. The number of aryl methyl sites for hydroxylation is 1. The van der Waals surface area contributed by atoms with Gasteiger partial charge in [-0.1, -0.05) is 25.9 Å². The molecule has 83 heavy (non-hydrogen) atoms. The monoisotopic (exact) mass is 1160 g/mol. The lowest BCUT2D eigenvalue weighted by molar-refractivity contribution is -0.172. The number of hydrogen-bond donors (Lipinski definition) is 6. The average Bonchev–Trinajstić information content (AvgIpc) is 1.91. The summed E-state index contributed by atoms with van der Waals surface area (Å²) >= 11 is 0. The number of nitrogens with zero attached hydrogens (tertiary/aromatic N) is 5. The second-order valence-electron chi connectivity index (χ2n) is 20.5. The first-order chi connectivity index (χ1) is 40.1. The highest BCUT2D eigenvalue weighted by atomic mass is 19.1. The molecule has 0 fully saturated rings. The number of pyridine rings is 2. The number of ether oxygens (including phenoxy) is 8. The van der Waals surface area contributed by atoms with Crippen molar-refractivity contribution < 1.29 is 71.4 Å². The van der Waals surface area contributed by atoms with Crippen LogP contribution < -0.4 is 37.3 Å². The van der Waals surface area contributed by atoms with Crippen LogP contribution in [-0.2, 0) is 77.5 Å². The summed E-state index contributed by atoms with van der Waals surface area (Å²) in [5, 5.41) is 26.8. The van der Waals surface area contributed by atoms with Gasteiger partial charge in [-0.25, -0.2) is 19.0 Å². The van der Waals surface area contributed by atoms with Gasteiger partial charge in [-0.05, 0) is 110 Å². The first kappa shape index (κ1) is 63.5. The number of carbonyl (C=O) groups is 5. The number of rotatable bonds is 34. The van der Waals surface area contributed by atoms with Crippen LogP contribution in [0.25, 0.3) is 32.7 Å². The van der Waals surface area contributed by atoms with Gasteiger partial charge < -0.3 is 74.6 Å². The Morgan fingerprint density at radius 2 is 1.53 bits per heavy atom. The predicted octanol–water partition coefficient (Wildman–Crippen LogP) is 4.80. The molecule has 4 aromatic rings. The highest BCUT2D eigenvalue weighted by molar-refractivity contribution is 5.99. The zero-order valence-electron chi connectivity index (χ0n) is 47.4. The summed E-state index contributed by atoms with van der Waals surface area (Å²) in [5.74, 6) is -2.95. The van der Waals surface area contributed by atoms with Gasteiger partial charge in [-0.2, -0.15) is 0 Å². The predicted molar refractivity (Wildman–Crippen MR) is 300 cm³/mol. The van der Waals surface area contributed by atoms with E-state index in [0.717, 1.165) is 5.56 Å². The molecule has 3 aliphatic rings. The highest BCUT2D eigenvalue weighted by Crippen LogP contribution is 2.46. The van der Waals surface area contributed by atoms with Crippen molar-refractivity contribution in [3.8, 4) is 17.1 Å². The summed E-state index contributed by atoms with van der Waals surface area (Å²) < 4.78 is 60.6. The molecule has 4 atom stereocenters. The van der Waals surface area contributed by atoms with E-state index in [-0.39, 0.29) is 81.6 Å². The molecular formula is C57H75FN10O15. The lowest BCUT2D eigenvalue weighted by Gasteiger charge is -2.31. The molecule has 0 unspecified atom stereocenters. The normalized spacial score (nSPS) is 16.5. The number of amides is 4. The Morgan fingerprint density at radius 1 is 0.892 bits per heavy atom. The van der Waals surface area contributed by atoms with Crippen molar-refractivity contribution in [3.63, 3.8) is 0 Å². The maximum Gasteiger partial charge on any atom is 0.413 e. The number of azide groups is 1. The maximum absolute atomic E-state index is 15.5. The molecule has 7 N–H and O–H groups in total. The van der Waals surface area contributed by atoms with Gasteiger partial charge in [-0.3, -0.25) is 19.2 Å². The van der Waals surface area contributed by atoms with Crippen molar-refractivity contribution in [2.75, 3.05) is 97.7 Å². The van der Waals surface area contributed by atoms with Crippen LogP contribution in [-0.4, -0.2) is 149 Å². The quantitative estimate of drug-likeness (QED) is 0.0106. The Bertz CT molecular complexity index is 3050. The van der Waals surface area contributed by atoms with E-state index in [2.05, 4.69) is 31.3 Å². The molecule has 26 heteroatoms. The zero-order valence-corrected chi connectivity index (χ0v) is 47.4. The smallest absolute Gasteiger partial charge is 0.413 e. The number of nitrogens with one attached hydrogen (secondary N) is 4. The van der Waals surface area contributed by atoms with Crippen LogP contribution in [0.15, 0.2) is 46.3 Å². The van der Waals surface area contributed by atoms with Crippen LogP contribution in [0.5, 0.6) is 5.75 Å². The minimum atomic E-state index is -2.05. The number of aliphatic hydroxyl groups is 1. The fourth-order valence-corrected chi connectivity index (χ4v) is 10.1. The van der Waals surface area contributed by atoms with Crippen LogP contribution in [0.4, 0.5) is 14.9 Å². The van der Waals surface area contributed by atoms with Crippen molar-refractivity contribution in [1.82, 2.24) is 25.5 Å². The fraction of sp³-hybridized carbons (Fsp3) is 0.561. The van der Waals surface area contributed by atoms with Gasteiger partial charge in [0.1, 0.15) is 30.3 Å². The molecule has 4 heterocycles. The van der Waals surface area contributed by atoms with E-state index in [0.29, 0.717) is 136 Å². The first-order valence-corrected chi connectivity index (χ1v) is 28.1. The van der Waals surface area contributed by atoms with E-state index in [9.17, 15) is 33.9 Å². The number of benzene rings is 2. The lowest BCUT2D eigenvalue weighted by Crippen LogP contribution is -2.54. The Balaban J connectivity index is 0.864. The Hall–Kier alpha value is -7.13. The second kappa shape index (κ2) is 31.0. The van der Waals surface area contributed by atoms with Crippen molar-refractivity contribution in [3.05, 3.63) is 96.4 Å². The topological polar surface area (TPSA) is 337 Å². The largest absolute Gasteiger partial charge is 0.458 e. The average molecular weight is 1160 g/mol. The third-order valence-corrected chi connectivity index (χ3v) is 14.6. The number of aromatic nitrogens is 2. The molecule has 450 valence electrons. The zero-order chi connectivity index (χ0) is 59.5. The Labute approximate surface area is 479 Å². The molecule has 2 aromatic heterocycles. The number of carbonyl (C=O) groups excluding carboxylic acids is 5. The summed E-state index contributed by atoms with van der Waals surface area (Å²) in [4.78, 5) is 88.6. The molecule has 0 radical (unpaired) electrons. The van der Waals surface area contributed by atoms with Crippen LogP contribution >= 0.6 is 0 Å². The minimum absolute atomic E-state index is 0.0130. The number of anilines is 1. The Morgan fingerprint density at radius 3 is 2.14 bits per heavy atom. The van der Waals surface area contributed by atoms with Crippen LogP contribution in [0.2, 0.25) is 0 Å². The van der Waals surface area contributed by atoms with E-state index in [1.54, 1.807) is 33.8 Å². The molecule has 0 bridgehead atoms. The number of nitrogens with two attached hydrogens (primary N) is 1. The summed E-state index contributed by atoms with van der Waals surface area (Å²) in [6, 6.07) is 6.38. The maximum atomic E-state index is 15.5. The molecule has 2 aromatic carbocycles. The van der Waals surface area contributed by atoms with E-state index in [4.69, 9.17) is 54.1 Å². The number of halogens is 1. The van der Waals surface area contributed by atoms with Crippen LogP contribution in [0.3, 0.4) is 0 Å². The number of hydrogen-bond acceptors (Lipinski definition) is 18. The van der Waals surface area contributed by atoms with Gasteiger partial charge in [-0.15, -0.1) is 0 Å². The summed E-state index contributed by atoms with van der Waals surface area (Å²) in [7, 11) is 0. The number of cyclic esters (lactones) is 1. The van der Waals surface area contributed by atoms with Crippen LogP contribution in [0.1, 0.15) is 98.7 Å². The SMILES string of the molecule is CC[C@@]1(O)C(=O)OCc2c1cc1n(c2=O)Cc2c-1nc1cc(F)c(C)c3c1c2[C@@H](NC(=O)Oc1ccc(NC(=O)[C@H](CCCCN)NC(=O)[C@@H](NC(=O)CCOCCOCCOCCOCCOCCOCCN=[N+]=[N-])C(C)C)cc1)CC3. The van der Waals surface area contributed by atoms with Gasteiger partial charge >= 0.3 is 12.1 Å². The van der Waals surface area contributed by atoms with Gasteiger partial charge in [0.05, 0.1) is 114 Å². The summed E-state index contributed by atoms with van der Waals surface area (Å²) in [5.41, 5.74) is 15.6. The van der Waals surface area contributed by atoms with Crippen LogP contribution in [0, 0.1) is 18.7 Å². The van der Waals surface area contributed by atoms with E-state index < -0.39 is 64.9 Å². The standard InChI is InChI=1S/C57H75FN10O15/c1-5-57(75)41-30-46-51-39(32-68(46)54(72)40(41)33-82-55(57)73)49-43(14-13-38-35(4)42(58)31-45(63-51)48(38)49)65-56(74)83-37-11-9-36(10-12-37)62-52(70)44(8-6-7-16-59)64-53(71)50(34(2)3)66-47(69)15-18-76-20-22-78-24-26-80-28-29-81-27-25-79-23-21-77-19-17-61-67-60/h9-12,30-31,34,43-44,50,75H,5-8,13-29,32-33,59H2,1-4H3,(H,62,70)(H,64,71)(H,65,74)(H,66,69)/t43-,44-,50-,57-/m0/s1. The second-order valence-corrected chi connectivity index (χ2v) is 20.5. The summed E-state index contributed by atoms with van der Waals surface area (Å²) in [6.45, 7) is 11.4. The molecular weight excluding hydrogens is 1080 g/mol. The van der Waals surface area contributed by atoms with Gasteiger partial charge in [0.2, 0.25) is 17.7 Å². The molecule has 25 nitrogen and oxygen atoms in total. The third-order valence-electron chi connectivity index (χ3n) is 14.6. The van der Waals surface area contributed by atoms with E-state index in [1.807, 2.05) is 0 Å². The minimum Gasteiger partial charge on any atom is -0.458 e. The number of esters is 1. The molecule has 0 saturated carbocycles.